The number of aromatic nitrogens is 1. The Morgan fingerprint density at radius 1 is 1.32 bits per heavy atom. The monoisotopic (exact) mass is 340 g/mol. The zero-order valence-corrected chi connectivity index (χ0v) is 12.0. The molecule has 1 rings (SSSR count). The molecule has 1 heterocycles. The van der Waals surface area contributed by atoms with Crippen molar-refractivity contribution < 1.29 is 22.7 Å². The van der Waals surface area contributed by atoms with E-state index >= 15 is 0 Å². The fourth-order valence-corrected chi connectivity index (χ4v) is 1.61. The SMILES string of the molecule is CC(C)(C)OC(=O)Nc1c(Br)cncc1C(F)(F)F. The molecule has 1 aromatic rings. The maximum Gasteiger partial charge on any atom is 0.419 e. The summed E-state index contributed by atoms with van der Waals surface area (Å²) in [5.74, 6) is 0. The van der Waals surface area contributed by atoms with Gasteiger partial charge in [-0.15, -0.1) is 0 Å². The summed E-state index contributed by atoms with van der Waals surface area (Å²) in [4.78, 5) is 15.0. The highest BCUT2D eigenvalue weighted by molar-refractivity contribution is 9.10. The normalized spacial score (nSPS) is 12.2. The molecule has 0 aromatic carbocycles. The number of amides is 1. The molecule has 0 spiro atoms. The maximum atomic E-state index is 12.8. The van der Waals surface area contributed by atoms with Gasteiger partial charge in [0.1, 0.15) is 5.60 Å². The van der Waals surface area contributed by atoms with E-state index in [2.05, 4.69) is 26.2 Å². The number of halogens is 4. The van der Waals surface area contributed by atoms with E-state index in [1.165, 1.54) is 0 Å². The van der Waals surface area contributed by atoms with E-state index in [0.29, 0.717) is 6.20 Å². The van der Waals surface area contributed by atoms with Crippen LogP contribution in [0.3, 0.4) is 0 Å². The zero-order valence-electron chi connectivity index (χ0n) is 10.4. The van der Waals surface area contributed by atoms with Gasteiger partial charge in [0.2, 0.25) is 0 Å². The molecule has 0 radical (unpaired) electrons. The molecule has 0 aliphatic heterocycles. The van der Waals surface area contributed by atoms with E-state index in [9.17, 15) is 18.0 Å². The van der Waals surface area contributed by atoms with Gasteiger partial charge in [-0.05, 0) is 36.7 Å². The lowest BCUT2D eigenvalue weighted by Crippen LogP contribution is -2.28. The summed E-state index contributed by atoms with van der Waals surface area (Å²) in [5, 5.41) is 2.07. The molecule has 0 atom stereocenters. The topological polar surface area (TPSA) is 51.2 Å². The van der Waals surface area contributed by atoms with Crippen molar-refractivity contribution in [3.05, 3.63) is 22.4 Å². The summed E-state index contributed by atoms with van der Waals surface area (Å²) in [7, 11) is 0. The molecule has 0 fully saturated rings. The van der Waals surface area contributed by atoms with Crippen molar-refractivity contribution in [1.82, 2.24) is 4.98 Å². The van der Waals surface area contributed by atoms with Crippen LogP contribution < -0.4 is 5.32 Å². The molecular formula is C11H12BrF3N2O2. The van der Waals surface area contributed by atoms with Crippen LogP contribution in [0.15, 0.2) is 16.9 Å². The van der Waals surface area contributed by atoms with E-state index < -0.39 is 29.1 Å². The van der Waals surface area contributed by atoms with Crippen LogP contribution in [0, 0.1) is 0 Å². The summed E-state index contributed by atoms with van der Waals surface area (Å²) < 4.78 is 43.2. The molecule has 1 amide bonds. The number of rotatable bonds is 1. The minimum Gasteiger partial charge on any atom is -0.444 e. The number of nitrogens with zero attached hydrogens (tertiary/aromatic N) is 1. The van der Waals surface area contributed by atoms with E-state index in [1.54, 1.807) is 20.8 Å². The Labute approximate surface area is 116 Å². The number of alkyl halides is 3. The summed E-state index contributed by atoms with van der Waals surface area (Å²) in [5.41, 5.74) is -2.27. The van der Waals surface area contributed by atoms with Crippen molar-refractivity contribution in [2.24, 2.45) is 0 Å². The molecule has 1 aromatic heterocycles. The van der Waals surface area contributed by atoms with Crippen LogP contribution in [0.4, 0.5) is 23.7 Å². The summed E-state index contributed by atoms with van der Waals surface area (Å²) in [6.45, 7) is 4.83. The van der Waals surface area contributed by atoms with E-state index in [-0.39, 0.29) is 4.47 Å². The van der Waals surface area contributed by atoms with Crippen molar-refractivity contribution in [1.29, 1.82) is 0 Å². The Hall–Kier alpha value is -1.31. The summed E-state index contributed by atoms with van der Waals surface area (Å²) in [6, 6.07) is 0. The standard InChI is InChI=1S/C11H12BrF3N2O2/c1-10(2,3)19-9(18)17-8-6(11(13,14)15)4-16-5-7(8)12/h4-5H,1-3H3,(H,16,17,18). The first kappa shape index (κ1) is 15.7. The number of hydrogen-bond donors (Lipinski definition) is 1. The lowest BCUT2D eigenvalue weighted by molar-refractivity contribution is -0.137. The maximum absolute atomic E-state index is 12.8. The van der Waals surface area contributed by atoms with Gasteiger partial charge in [-0.3, -0.25) is 10.3 Å². The fourth-order valence-electron chi connectivity index (χ4n) is 1.18. The lowest BCUT2D eigenvalue weighted by atomic mass is 10.2. The van der Waals surface area contributed by atoms with Gasteiger partial charge in [-0.2, -0.15) is 13.2 Å². The Kier molecular flexibility index (Phi) is 4.44. The van der Waals surface area contributed by atoms with Crippen molar-refractivity contribution in [2.45, 2.75) is 32.5 Å². The Bertz CT molecular complexity index is 484. The van der Waals surface area contributed by atoms with Crippen LogP contribution in [-0.2, 0) is 10.9 Å². The lowest BCUT2D eigenvalue weighted by Gasteiger charge is -2.21. The van der Waals surface area contributed by atoms with Gasteiger partial charge in [-0.1, -0.05) is 0 Å². The Balaban J connectivity index is 3.04. The molecule has 4 nitrogen and oxygen atoms in total. The number of hydrogen-bond acceptors (Lipinski definition) is 3. The summed E-state index contributed by atoms with van der Waals surface area (Å²) >= 11 is 2.91. The second-order valence-corrected chi connectivity index (χ2v) is 5.52. The highest BCUT2D eigenvalue weighted by Gasteiger charge is 2.35. The Morgan fingerprint density at radius 2 is 1.89 bits per heavy atom. The van der Waals surface area contributed by atoms with Crippen LogP contribution in [0.2, 0.25) is 0 Å². The smallest absolute Gasteiger partial charge is 0.419 e. The molecule has 106 valence electrons. The first-order valence-corrected chi connectivity index (χ1v) is 6.01. The number of carbonyl (C=O) groups excluding carboxylic acids is 1. The average Bonchev–Trinajstić information content (AvgIpc) is 2.16. The highest BCUT2D eigenvalue weighted by atomic mass is 79.9. The molecule has 0 saturated heterocycles. The minimum atomic E-state index is -4.62. The molecule has 19 heavy (non-hydrogen) atoms. The number of nitrogens with one attached hydrogen (secondary N) is 1. The first-order chi connectivity index (χ1) is 8.50. The number of pyridine rings is 1. The molecule has 0 unspecified atom stereocenters. The molecule has 0 aliphatic rings. The van der Waals surface area contributed by atoms with Gasteiger partial charge < -0.3 is 4.74 Å². The van der Waals surface area contributed by atoms with E-state index in [1.807, 2.05) is 0 Å². The second-order valence-electron chi connectivity index (χ2n) is 4.67. The molecule has 1 N–H and O–H groups in total. The molecule has 0 aliphatic carbocycles. The third-order valence-corrected chi connectivity index (χ3v) is 2.43. The van der Waals surface area contributed by atoms with Gasteiger partial charge in [0, 0.05) is 12.4 Å². The minimum absolute atomic E-state index is 0.0215. The van der Waals surface area contributed by atoms with E-state index in [4.69, 9.17) is 4.74 Å². The first-order valence-electron chi connectivity index (χ1n) is 5.21. The van der Waals surface area contributed by atoms with Gasteiger partial charge in [0.15, 0.2) is 0 Å². The number of carbonyl (C=O) groups is 1. The third kappa shape index (κ3) is 4.70. The van der Waals surface area contributed by atoms with Crippen LogP contribution in [-0.4, -0.2) is 16.7 Å². The van der Waals surface area contributed by atoms with Crippen LogP contribution >= 0.6 is 15.9 Å². The molecule has 8 heteroatoms. The molecule has 0 saturated carbocycles. The van der Waals surface area contributed by atoms with Crippen LogP contribution in [0.1, 0.15) is 26.3 Å². The molecule has 0 bridgehead atoms. The number of anilines is 1. The zero-order chi connectivity index (χ0) is 14.8. The quantitative estimate of drug-likeness (QED) is 0.833. The predicted octanol–water partition coefficient (Wildman–Crippen LogP) is 4.21. The predicted molar refractivity (Wildman–Crippen MR) is 66.8 cm³/mol. The van der Waals surface area contributed by atoms with Gasteiger partial charge in [0.05, 0.1) is 15.7 Å². The van der Waals surface area contributed by atoms with Gasteiger partial charge in [-0.25, -0.2) is 4.79 Å². The van der Waals surface area contributed by atoms with Crippen LogP contribution in [0.25, 0.3) is 0 Å². The fraction of sp³-hybridized carbons (Fsp3) is 0.455. The van der Waals surface area contributed by atoms with Gasteiger partial charge in [0.25, 0.3) is 0 Å². The average molecular weight is 341 g/mol. The van der Waals surface area contributed by atoms with Crippen molar-refractivity contribution in [3.63, 3.8) is 0 Å². The second kappa shape index (κ2) is 5.36. The highest BCUT2D eigenvalue weighted by Crippen LogP contribution is 2.38. The van der Waals surface area contributed by atoms with Crippen molar-refractivity contribution in [3.8, 4) is 0 Å². The summed E-state index contributed by atoms with van der Waals surface area (Å²) in [6.07, 6.45) is -3.80. The number of ether oxygens (including phenoxy) is 1. The van der Waals surface area contributed by atoms with Gasteiger partial charge >= 0.3 is 12.3 Å². The van der Waals surface area contributed by atoms with Crippen molar-refractivity contribution in [2.75, 3.05) is 5.32 Å². The van der Waals surface area contributed by atoms with Crippen molar-refractivity contribution >= 4 is 27.7 Å². The third-order valence-electron chi connectivity index (χ3n) is 1.83. The van der Waals surface area contributed by atoms with Crippen LogP contribution in [0.5, 0.6) is 0 Å². The largest absolute Gasteiger partial charge is 0.444 e. The van der Waals surface area contributed by atoms with E-state index in [0.717, 1.165) is 6.20 Å². The Morgan fingerprint density at radius 3 is 2.37 bits per heavy atom. The molecular weight excluding hydrogens is 329 g/mol.